The second-order valence-electron chi connectivity index (χ2n) is 6.51. The molecule has 0 bridgehead atoms. The lowest BCUT2D eigenvalue weighted by Gasteiger charge is -2.44. The molecule has 0 aromatic carbocycles. The molecule has 106 valence electrons. The SMILES string of the molecule is CCCNCC1CCCCN1C1CCC(C)CC1. The third-order valence-corrected chi connectivity index (χ3v) is 4.93. The summed E-state index contributed by atoms with van der Waals surface area (Å²) in [6.07, 6.45) is 11.4. The standard InChI is InChI=1S/C16H32N2/c1-3-11-17-13-16-6-4-5-12-18(16)15-9-7-14(2)8-10-15/h14-17H,3-13H2,1-2H3. The van der Waals surface area contributed by atoms with Crippen LogP contribution < -0.4 is 5.32 Å². The lowest BCUT2D eigenvalue weighted by molar-refractivity contribution is 0.0642. The summed E-state index contributed by atoms with van der Waals surface area (Å²) in [5.41, 5.74) is 0. The van der Waals surface area contributed by atoms with Crippen LogP contribution in [0.4, 0.5) is 0 Å². The van der Waals surface area contributed by atoms with Gasteiger partial charge in [-0.05, 0) is 64.0 Å². The number of hydrogen-bond acceptors (Lipinski definition) is 2. The topological polar surface area (TPSA) is 15.3 Å². The third-order valence-electron chi connectivity index (χ3n) is 4.93. The van der Waals surface area contributed by atoms with Crippen LogP contribution in [0.1, 0.15) is 65.2 Å². The number of nitrogens with zero attached hydrogens (tertiary/aromatic N) is 1. The quantitative estimate of drug-likeness (QED) is 0.754. The van der Waals surface area contributed by atoms with Crippen molar-refractivity contribution in [1.29, 1.82) is 0 Å². The molecule has 2 heteroatoms. The molecule has 0 aromatic rings. The van der Waals surface area contributed by atoms with Crippen molar-refractivity contribution in [1.82, 2.24) is 10.2 Å². The van der Waals surface area contributed by atoms with Crippen molar-refractivity contribution < 1.29 is 0 Å². The molecule has 1 unspecified atom stereocenters. The fraction of sp³-hybridized carbons (Fsp3) is 1.00. The van der Waals surface area contributed by atoms with E-state index in [0.29, 0.717) is 0 Å². The highest BCUT2D eigenvalue weighted by Gasteiger charge is 2.30. The molecule has 2 aliphatic rings. The van der Waals surface area contributed by atoms with Crippen LogP contribution in [0.2, 0.25) is 0 Å². The van der Waals surface area contributed by atoms with E-state index >= 15 is 0 Å². The van der Waals surface area contributed by atoms with E-state index in [1.807, 2.05) is 0 Å². The molecule has 2 fully saturated rings. The summed E-state index contributed by atoms with van der Waals surface area (Å²) in [7, 11) is 0. The maximum absolute atomic E-state index is 3.64. The van der Waals surface area contributed by atoms with Gasteiger partial charge in [0, 0.05) is 18.6 Å². The molecule has 1 aliphatic carbocycles. The van der Waals surface area contributed by atoms with Crippen LogP contribution in [0.25, 0.3) is 0 Å². The third kappa shape index (κ3) is 3.96. The van der Waals surface area contributed by atoms with Crippen molar-refractivity contribution in [2.45, 2.75) is 77.3 Å². The zero-order valence-electron chi connectivity index (χ0n) is 12.5. The first kappa shape index (κ1) is 14.3. The summed E-state index contributed by atoms with van der Waals surface area (Å²) < 4.78 is 0. The summed E-state index contributed by atoms with van der Waals surface area (Å²) in [5, 5.41) is 3.64. The van der Waals surface area contributed by atoms with Gasteiger partial charge in [-0.2, -0.15) is 0 Å². The van der Waals surface area contributed by atoms with E-state index in [2.05, 4.69) is 24.1 Å². The normalized spacial score (nSPS) is 34.7. The van der Waals surface area contributed by atoms with E-state index in [1.165, 1.54) is 71.0 Å². The Morgan fingerprint density at radius 1 is 1.06 bits per heavy atom. The molecule has 2 nitrogen and oxygen atoms in total. The van der Waals surface area contributed by atoms with Gasteiger partial charge in [-0.3, -0.25) is 4.90 Å². The fourth-order valence-corrected chi connectivity index (χ4v) is 3.74. The van der Waals surface area contributed by atoms with Crippen LogP contribution in [0.15, 0.2) is 0 Å². The number of rotatable bonds is 5. The first-order valence-electron chi connectivity index (χ1n) is 8.27. The summed E-state index contributed by atoms with van der Waals surface area (Å²) in [4.78, 5) is 2.86. The Hall–Kier alpha value is -0.0800. The van der Waals surface area contributed by atoms with Crippen LogP contribution in [0.3, 0.4) is 0 Å². The highest BCUT2D eigenvalue weighted by Crippen LogP contribution is 2.30. The molecule has 1 atom stereocenters. The first-order valence-corrected chi connectivity index (χ1v) is 8.27. The largest absolute Gasteiger partial charge is 0.315 e. The van der Waals surface area contributed by atoms with Crippen molar-refractivity contribution in [3.8, 4) is 0 Å². The molecule has 0 aromatic heterocycles. The van der Waals surface area contributed by atoms with E-state index in [-0.39, 0.29) is 0 Å². The average Bonchev–Trinajstić information content (AvgIpc) is 2.41. The van der Waals surface area contributed by atoms with Crippen LogP contribution in [0.5, 0.6) is 0 Å². The zero-order chi connectivity index (χ0) is 12.8. The highest BCUT2D eigenvalue weighted by atomic mass is 15.2. The van der Waals surface area contributed by atoms with Crippen molar-refractivity contribution in [2.24, 2.45) is 5.92 Å². The van der Waals surface area contributed by atoms with Gasteiger partial charge in [0.2, 0.25) is 0 Å². The maximum atomic E-state index is 3.64. The first-order chi connectivity index (χ1) is 8.81. The number of piperidine rings is 1. The Balaban J connectivity index is 1.82. The monoisotopic (exact) mass is 252 g/mol. The second kappa shape index (κ2) is 7.49. The van der Waals surface area contributed by atoms with Gasteiger partial charge < -0.3 is 5.32 Å². The van der Waals surface area contributed by atoms with E-state index < -0.39 is 0 Å². The van der Waals surface area contributed by atoms with Gasteiger partial charge in [-0.25, -0.2) is 0 Å². The van der Waals surface area contributed by atoms with Crippen molar-refractivity contribution in [3.63, 3.8) is 0 Å². The fourth-order valence-electron chi connectivity index (χ4n) is 3.74. The smallest absolute Gasteiger partial charge is 0.0223 e. The summed E-state index contributed by atoms with van der Waals surface area (Å²) >= 11 is 0. The molecule has 18 heavy (non-hydrogen) atoms. The summed E-state index contributed by atoms with van der Waals surface area (Å²) in [6.45, 7) is 8.45. The van der Waals surface area contributed by atoms with Gasteiger partial charge in [0.05, 0.1) is 0 Å². The molecule has 1 heterocycles. The van der Waals surface area contributed by atoms with E-state index in [0.717, 1.165) is 18.0 Å². The number of hydrogen-bond donors (Lipinski definition) is 1. The Morgan fingerprint density at radius 3 is 2.56 bits per heavy atom. The minimum atomic E-state index is 0.823. The van der Waals surface area contributed by atoms with Crippen LogP contribution in [-0.2, 0) is 0 Å². The zero-order valence-corrected chi connectivity index (χ0v) is 12.5. The van der Waals surface area contributed by atoms with E-state index in [9.17, 15) is 0 Å². The molecule has 1 saturated carbocycles. The maximum Gasteiger partial charge on any atom is 0.0223 e. The van der Waals surface area contributed by atoms with Gasteiger partial charge in [0.25, 0.3) is 0 Å². The van der Waals surface area contributed by atoms with E-state index in [1.54, 1.807) is 0 Å². The molecule has 0 radical (unpaired) electrons. The Kier molecular flexibility index (Phi) is 5.97. The average molecular weight is 252 g/mol. The van der Waals surface area contributed by atoms with E-state index in [4.69, 9.17) is 0 Å². The van der Waals surface area contributed by atoms with Gasteiger partial charge in [0.1, 0.15) is 0 Å². The Bertz CT molecular complexity index is 221. The lowest BCUT2D eigenvalue weighted by atomic mass is 9.85. The van der Waals surface area contributed by atoms with Gasteiger partial charge in [-0.15, -0.1) is 0 Å². The molecule has 2 rings (SSSR count). The van der Waals surface area contributed by atoms with Crippen LogP contribution in [-0.4, -0.2) is 36.6 Å². The van der Waals surface area contributed by atoms with Crippen molar-refractivity contribution >= 4 is 0 Å². The van der Waals surface area contributed by atoms with Crippen molar-refractivity contribution in [3.05, 3.63) is 0 Å². The highest BCUT2D eigenvalue weighted by molar-refractivity contribution is 4.86. The van der Waals surface area contributed by atoms with Gasteiger partial charge in [0.15, 0.2) is 0 Å². The van der Waals surface area contributed by atoms with Crippen molar-refractivity contribution in [2.75, 3.05) is 19.6 Å². The second-order valence-corrected chi connectivity index (χ2v) is 6.51. The predicted molar refractivity (Wildman–Crippen MR) is 78.9 cm³/mol. The minimum absolute atomic E-state index is 0.823. The number of likely N-dealkylation sites (tertiary alicyclic amines) is 1. The summed E-state index contributed by atoms with van der Waals surface area (Å²) in [5.74, 6) is 0.975. The van der Waals surface area contributed by atoms with Crippen LogP contribution >= 0.6 is 0 Å². The molecule has 1 saturated heterocycles. The molecular weight excluding hydrogens is 220 g/mol. The lowest BCUT2D eigenvalue weighted by Crippen LogP contribution is -2.51. The number of nitrogens with one attached hydrogen (secondary N) is 1. The molecule has 1 aliphatic heterocycles. The van der Waals surface area contributed by atoms with Crippen LogP contribution in [0, 0.1) is 5.92 Å². The Morgan fingerprint density at radius 2 is 1.83 bits per heavy atom. The van der Waals surface area contributed by atoms with Gasteiger partial charge >= 0.3 is 0 Å². The Labute approximate surface area is 114 Å². The molecule has 1 N–H and O–H groups in total. The minimum Gasteiger partial charge on any atom is -0.315 e. The predicted octanol–water partition coefficient (Wildman–Crippen LogP) is 3.42. The molecule has 0 spiro atoms. The molecule has 0 amide bonds. The van der Waals surface area contributed by atoms with Gasteiger partial charge in [-0.1, -0.05) is 20.3 Å². The summed E-state index contributed by atoms with van der Waals surface area (Å²) in [6, 6.07) is 1.72. The molecular formula is C16H32N2.